The highest BCUT2D eigenvalue weighted by molar-refractivity contribution is 9.09. The van der Waals surface area contributed by atoms with Crippen molar-refractivity contribution >= 4 is 57.2 Å². The number of nitrogens with zero attached hydrogens (tertiary/aromatic N) is 1. The summed E-state index contributed by atoms with van der Waals surface area (Å²) in [5, 5.41) is 17.8. The predicted octanol–water partition coefficient (Wildman–Crippen LogP) is 2.57. The number of aryl methyl sites for hydroxylation is 1. The van der Waals surface area contributed by atoms with Crippen molar-refractivity contribution in [2.45, 2.75) is 109 Å². The van der Waals surface area contributed by atoms with E-state index in [0.29, 0.717) is 116 Å². The summed E-state index contributed by atoms with van der Waals surface area (Å²) < 4.78 is 33.5. The van der Waals surface area contributed by atoms with Crippen molar-refractivity contribution in [1.29, 1.82) is 0 Å². The van der Waals surface area contributed by atoms with Crippen molar-refractivity contribution in [1.82, 2.24) is 31.9 Å². The second-order valence-corrected chi connectivity index (χ2v) is 21.4. The zero-order valence-electron chi connectivity index (χ0n) is 46.0. The second kappa shape index (κ2) is 35.6. The van der Waals surface area contributed by atoms with Crippen molar-refractivity contribution in [3.05, 3.63) is 71.8 Å². The average Bonchev–Trinajstić information content (AvgIpc) is 4.17. The van der Waals surface area contributed by atoms with Gasteiger partial charge in [0.05, 0.1) is 90.6 Å². The van der Waals surface area contributed by atoms with E-state index in [2.05, 4.69) is 47.8 Å². The van der Waals surface area contributed by atoms with E-state index in [1.54, 1.807) is 6.92 Å². The number of morpholine rings is 1. The smallest absolute Gasteiger partial charge is 0.275 e. The second-order valence-electron chi connectivity index (χ2n) is 20.8. The zero-order valence-corrected chi connectivity index (χ0v) is 47.6. The van der Waals surface area contributed by atoms with Crippen LogP contribution in [-0.4, -0.2) is 193 Å². The van der Waals surface area contributed by atoms with E-state index in [9.17, 15) is 33.6 Å². The number of epoxide rings is 1. The first-order valence-electron chi connectivity index (χ1n) is 27.3. The maximum atomic E-state index is 14.5. The van der Waals surface area contributed by atoms with Gasteiger partial charge < -0.3 is 64.8 Å². The van der Waals surface area contributed by atoms with E-state index in [-0.39, 0.29) is 86.1 Å². The Morgan fingerprint density at radius 3 is 1.70 bits per heavy atom. The lowest BCUT2D eigenvalue weighted by atomic mass is 9.93. The number of halogens is 1. The van der Waals surface area contributed by atoms with E-state index in [1.807, 2.05) is 88.4 Å². The van der Waals surface area contributed by atoms with Crippen LogP contribution in [0.15, 0.2) is 60.7 Å². The van der Waals surface area contributed by atoms with Crippen molar-refractivity contribution in [3.63, 3.8) is 0 Å². The summed E-state index contributed by atoms with van der Waals surface area (Å²) in [5.74, 6) is -2.35. The molecule has 21 heteroatoms. The van der Waals surface area contributed by atoms with Crippen molar-refractivity contribution in [2.75, 3.05) is 117 Å². The minimum atomic E-state index is -1.08. The van der Waals surface area contributed by atoms with Crippen molar-refractivity contribution in [3.8, 4) is 0 Å². The van der Waals surface area contributed by atoms with Crippen LogP contribution in [0.5, 0.6) is 0 Å². The highest BCUT2D eigenvalue weighted by Crippen LogP contribution is 2.30. The molecule has 5 atom stereocenters. The molecule has 2 heterocycles. The summed E-state index contributed by atoms with van der Waals surface area (Å²) in [6.07, 6.45) is 2.29. The Labute approximate surface area is 463 Å². The summed E-state index contributed by atoms with van der Waals surface area (Å²) in [5.41, 5.74) is 0.807. The molecule has 20 nitrogen and oxygen atoms in total. The molecular formula is C56H87BrN7O13+. The highest BCUT2D eigenvalue weighted by Gasteiger charge is 2.50. The number of amides is 6. The number of ether oxygens (including phenoxy) is 6. The fourth-order valence-electron chi connectivity index (χ4n) is 8.83. The van der Waals surface area contributed by atoms with E-state index in [0.717, 1.165) is 11.1 Å². The Hall–Kier alpha value is -4.87. The number of nitrogens with one attached hydrogen (secondary N) is 6. The van der Waals surface area contributed by atoms with Gasteiger partial charge in [0.15, 0.2) is 12.3 Å². The predicted molar refractivity (Wildman–Crippen MR) is 294 cm³/mol. The van der Waals surface area contributed by atoms with E-state index < -0.39 is 47.5 Å². The molecule has 6 amide bonds. The topological polar surface area (TPSA) is 250 Å². The Bertz CT molecular complexity index is 2090. The summed E-state index contributed by atoms with van der Waals surface area (Å²) in [6, 6.07) is 14.9. The zero-order chi connectivity index (χ0) is 55.9. The van der Waals surface area contributed by atoms with Gasteiger partial charge in [0.25, 0.3) is 5.91 Å². The largest absolute Gasteiger partial charge is 0.379 e. The lowest BCUT2D eigenvalue weighted by molar-refractivity contribution is -0.928. The molecule has 77 heavy (non-hydrogen) atoms. The monoisotopic (exact) mass is 1140 g/mol. The Kier molecular flexibility index (Phi) is 29.9. The number of ketones is 1. The maximum absolute atomic E-state index is 14.5. The molecule has 2 aromatic carbocycles. The van der Waals surface area contributed by atoms with Crippen LogP contribution < -0.4 is 31.9 Å². The van der Waals surface area contributed by atoms with Crippen LogP contribution in [0, 0.1) is 11.8 Å². The van der Waals surface area contributed by atoms with Crippen LogP contribution in [0.2, 0.25) is 0 Å². The highest BCUT2D eigenvalue weighted by atomic mass is 79.9. The van der Waals surface area contributed by atoms with Gasteiger partial charge in [0.1, 0.15) is 36.8 Å². The molecule has 2 aliphatic heterocycles. The summed E-state index contributed by atoms with van der Waals surface area (Å²) in [7, 11) is 0. The number of rotatable bonds is 40. The van der Waals surface area contributed by atoms with Gasteiger partial charge in [0, 0.05) is 32.4 Å². The number of carbonyl (C=O) groups is 7. The average molecular weight is 1150 g/mol. The fourth-order valence-corrected chi connectivity index (χ4v) is 9.03. The van der Waals surface area contributed by atoms with Gasteiger partial charge in [-0.1, -0.05) is 104 Å². The Morgan fingerprint density at radius 1 is 0.610 bits per heavy atom. The first-order valence-corrected chi connectivity index (χ1v) is 28.4. The first-order chi connectivity index (χ1) is 37.0. The molecule has 0 aliphatic carbocycles. The summed E-state index contributed by atoms with van der Waals surface area (Å²) in [6.45, 7) is 16.3. The molecule has 0 saturated carbocycles. The standard InChI is InChI=1S/C56H86BrN7O13/c1-41(2)35-46(52(68)56(5)40-77-56)61-55(71)48(37-44-15-10-7-11-16-44)63-54(70)47(36-42(3)4)62-53(69)45(18-17-43-13-8-6-9-14-43)60-51(67)39-64(23-27-74-28-24-64)22-12-20-58-49(65)19-25-72-29-31-75-33-34-76-32-30-73-26-21-59-50(66)38-57/h6-11,13-16,41-42,45-48H,12,17-40H2,1-5H3,(H5-,58,59,60,61,62,63,65,66,67,69,70,71)/p+1/t45-,46-,47-,48-,56+/m0/s1. The molecule has 0 bridgehead atoms. The number of benzene rings is 2. The van der Waals surface area contributed by atoms with Crippen molar-refractivity contribution in [2.24, 2.45) is 11.8 Å². The lowest BCUT2D eigenvalue weighted by Crippen LogP contribution is -2.62. The number of carbonyl (C=O) groups excluding carboxylic acids is 7. The lowest BCUT2D eigenvalue weighted by Gasteiger charge is -2.41. The third-order valence-corrected chi connectivity index (χ3v) is 13.7. The molecule has 0 radical (unpaired) electrons. The van der Waals surface area contributed by atoms with Gasteiger partial charge >= 0.3 is 0 Å². The molecular weight excluding hydrogens is 1060 g/mol. The fraction of sp³-hybridized carbons (Fsp3) is 0.661. The van der Waals surface area contributed by atoms with Crippen LogP contribution in [0.25, 0.3) is 0 Å². The normalized spacial score (nSPS) is 17.4. The quantitative estimate of drug-likeness (QED) is 0.0244. The van der Waals surface area contributed by atoms with Crippen LogP contribution in [0.4, 0.5) is 0 Å². The molecule has 430 valence electrons. The van der Waals surface area contributed by atoms with E-state index in [1.165, 1.54) is 0 Å². The Balaban J connectivity index is 1.30. The molecule has 2 fully saturated rings. The van der Waals surface area contributed by atoms with E-state index >= 15 is 0 Å². The number of quaternary nitrogens is 1. The third-order valence-electron chi connectivity index (χ3n) is 13.2. The SMILES string of the molecule is CC(C)C[C@H](NC(=O)[C@H](CCc1ccccc1)NC(=O)C[N+]1(CCCNC(=O)CCOCCOCCOCCOCCNC(=O)CBr)CCOCC1)C(=O)N[C@@H](Cc1ccccc1)C(=O)N[C@@H](CC(C)C)C(=O)[C@@]1(C)CO1. The van der Waals surface area contributed by atoms with Gasteiger partial charge in [-0.2, -0.15) is 0 Å². The van der Waals surface area contributed by atoms with Crippen LogP contribution in [-0.2, 0) is 74.8 Å². The van der Waals surface area contributed by atoms with Gasteiger partial charge in [-0.3, -0.25) is 33.6 Å². The molecule has 2 aromatic rings. The van der Waals surface area contributed by atoms with Crippen LogP contribution in [0.3, 0.4) is 0 Å². The van der Waals surface area contributed by atoms with Gasteiger partial charge in [-0.05, 0) is 55.6 Å². The molecule has 4 rings (SSSR count). The van der Waals surface area contributed by atoms with Gasteiger partial charge in [0.2, 0.25) is 29.5 Å². The number of hydrogen-bond donors (Lipinski definition) is 6. The van der Waals surface area contributed by atoms with E-state index in [4.69, 9.17) is 28.4 Å². The van der Waals surface area contributed by atoms with Gasteiger partial charge in [-0.15, -0.1) is 0 Å². The number of hydrogen-bond acceptors (Lipinski definition) is 13. The minimum absolute atomic E-state index is 0.0417. The molecule has 0 unspecified atom stereocenters. The molecule has 0 aromatic heterocycles. The van der Waals surface area contributed by atoms with Gasteiger partial charge in [-0.25, -0.2) is 0 Å². The first kappa shape index (κ1) is 64.7. The number of Topliss-reactive ketones (excluding diaryl/α,β-unsaturated/α-hetero) is 1. The molecule has 2 saturated heterocycles. The van der Waals surface area contributed by atoms with Crippen LogP contribution in [0.1, 0.15) is 77.8 Å². The third kappa shape index (κ3) is 26.1. The van der Waals surface area contributed by atoms with Crippen molar-refractivity contribution < 1.29 is 66.5 Å². The number of alkyl halides is 1. The Morgan fingerprint density at radius 2 is 1.12 bits per heavy atom. The minimum Gasteiger partial charge on any atom is -0.379 e. The maximum Gasteiger partial charge on any atom is 0.275 e. The molecule has 6 N–H and O–H groups in total. The summed E-state index contributed by atoms with van der Waals surface area (Å²) >= 11 is 3.09. The summed E-state index contributed by atoms with van der Waals surface area (Å²) in [4.78, 5) is 94.6. The molecule has 2 aliphatic rings. The molecule has 0 spiro atoms. The van der Waals surface area contributed by atoms with Crippen LogP contribution >= 0.6 is 15.9 Å².